The minimum absolute atomic E-state index is 0.116. The van der Waals surface area contributed by atoms with Gasteiger partial charge in [0.25, 0.3) is 5.69 Å². The van der Waals surface area contributed by atoms with Gasteiger partial charge in [0.1, 0.15) is 0 Å². The van der Waals surface area contributed by atoms with Crippen molar-refractivity contribution in [3.8, 4) is 11.5 Å². The normalized spacial score (nSPS) is 10.9. The zero-order chi connectivity index (χ0) is 22.5. The van der Waals surface area contributed by atoms with E-state index in [1.165, 1.54) is 11.6 Å². The van der Waals surface area contributed by atoms with Crippen molar-refractivity contribution in [1.29, 1.82) is 0 Å². The molecule has 3 aromatic carbocycles. The lowest BCUT2D eigenvalue weighted by Gasteiger charge is -2.11. The molecule has 0 aliphatic carbocycles. The molecule has 0 heterocycles. The Bertz CT molecular complexity index is 1160. The van der Waals surface area contributed by atoms with Crippen molar-refractivity contribution in [3.05, 3.63) is 94.9 Å². The molecule has 0 spiro atoms. The van der Waals surface area contributed by atoms with E-state index in [0.717, 1.165) is 29.8 Å². The predicted molar refractivity (Wildman–Crippen MR) is 125 cm³/mol. The maximum atomic E-state index is 11.3. The number of aryl methyl sites for hydroxylation is 1. The first-order chi connectivity index (χ1) is 14.8. The van der Waals surface area contributed by atoms with Crippen molar-refractivity contribution in [3.63, 3.8) is 0 Å². The highest BCUT2D eigenvalue weighted by Crippen LogP contribution is 2.41. The summed E-state index contributed by atoms with van der Waals surface area (Å²) in [5, 5.41) is 22.2. The lowest BCUT2D eigenvalue weighted by Crippen LogP contribution is -1.97. The Morgan fingerprint density at radius 3 is 2.16 bits per heavy atom. The summed E-state index contributed by atoms with van der Waals surface area (Å²) < 4.78 is 6.76. The Morgan fingerprint density at radius 1 is 0.968 bits per heavy atom. The molecule has 3 rings (SSSR count). The Kier molecular flexibility index (Phi) is 7.13. The first kappa shape index (κ1) is 22.6. The molecule has 0 radical (unpaired) electrons. The summed E-state index contributed by atoms with van der Waals surface area (Å²) >= 11 is 6.81. The summed E-state index contributed by atoms with van der Waals surface area (Å²) in [6, 6.07) is 14.6. The highest BCUT2D eigenvalue weighted by Gasteiger charge is 2.22. The number of hydrogen-bond acceptors (Lipinski definition) is 6. The van der Waals surface area contributed by atoms with Crippen molar-refractivity contribution in [2.24, 2.45) is 4.99 Å². The number of halogens is 2. The largest absolute Gasteiger partial charge is 0.448 e. The van der Waals surface area contributed by atoms with Crippen molar-refractivity contribution in [2.75, 3.05) is 0 Å². The molecule has 0 aliphatic heterocycles. The van der Waals surface area contributed by atoms with Gasteiger partial charge in [-0.1, -0.05) is 19.1 Å². The second-order valence-electron chi connectivity index (χ2n) is 6.36. The van der Waals surface area contributed by atoms with Crippen LogP contribution in [-0.4, -0.2) is 16.1 Å². The van der Waals surface area contributed by atoms with Gasteiger partial charge < -0.3 is 4.74 Å². The average Bonchev–Trinajstić information content (AvgIpc) is 2.75. The maximum absolute atomic E-state index is 11.3. The van der Waals surface area contributed by atoms with E-state index < -0.39 is 21.2 Å². The van der Waals surface area contributed by atoms with Gasteiger partial charge in [-0.25, -0.2) is 0 Å². The quantitative estimate of drug-likeness (QED) is 0.177. The van der Waals surface area contributed by atoms with Crippen molar-refractivity contribution >= 4 is 55.1 Å². The van der Waals surface area contributed by atoms with E-state index in [9.17, 15) is 20.2 Å². The summed E-state index contributed by atoms with van der Waals surface area (Å²) in [5.41, 5.74) is 1.91. The molecule has 0 amide bonds. The van der Waals surface area contributed by atoms with Crippen LogP contribution in [0.5, 0.6) is 11.5 Å². The molecule has 31 heavy (non-hydrogen) atoms. The lowest BCUT2D eigenvalue weighted by molar-refractivity contribution is -0.394. The van der Waals surface area contributed by atoms with Gasteiger partial charge in [-0.2, -0.15) is 0 Å². The fourth-order valence-corrected chi connectivity index (χ4v) is 4.06. The van der Waals surface area contributed by atoms with Crippen molar-refractivity contribution in [2.45, 2.75) is 13.3 Å². The van der Waals surface area contributed by atoms with Crippen LogP contribution in [0.3, 0.4) is 0 Å². The van der Waals surface area contributed by atoms with Crippen LogP contribution in [0.15, 0.2) is 68.5 Å². The fraction of sp³-hybridized carbons (Fsp3) is 0.0952. The van der Waals surface area contributed by atoms with Gasteiger partial charge in [0.2, 0.25) is 5.75 Å². The second kappa shape index (κ2) is 9.80. The van der Waals surface area contributed by atoms with E-state index in [0.29, 0.717) is 14.7 Å². The number of ether oxygens (including phenoxy) is 1. The molecule has 0 fully saturated rings. The standard InChI is InChI=1S/C21H15Br2N3O5/c1-2-13-3-5-15(6-4-13)24-12-14-9-17(22)21(18(23)10-14)31-20-8-7-16(25(27)28)11-19(20)26(29)30/h3-12H,2H2,1H3. The molecule has 3 aromatic rings. The van der Waals surface area contributed by atoms with Crippen molar-refractivity contribution in [1.82, 2.24) is 0 Å². The summed E-state index contributed by atoms with van der Waals surface area (Å²) in [5.74, 6) is 0.177. The molecule has 0 aromatic heterocycles. The van der Waals surface area contributed by atoms with Crippen LogP contribution in [0.1, 0.15) is 18.1 Å². The molecule has 0 unspecified atom stereocenters. The van der Waals surface area contributed by atoms with E-state index >= 15 is 0 Å². The van der Waals surface area contributed by atoms with Crippen LogP contribution in [0, 0.1) is 20.2 Å². The van der Waals surface area contributed by atoms with E-state index in [4.69, 9.17) is 4.74 Å². The Morgan fingerprint density at radius 2 is 1.61 bits per heavy atom. The minimum Gasteiger partial charge on any atom is -0.448 e. The van der Waals surface area contributed by atoms with Gasteiger partial charge in [-0.15, -0.1) is 0 Å². The zero-order valence-electron chi connectivity index (χ0n) is 16.1. The van der Waals surface area contributed by atoms with E-state index in [-0.39, 0.29) is 5.75 Å². The topological polar surface area (TPSA) is 108 Å². The SMILES string of the molecule is CCc1ccc(N=Cc2cc(Br)c(Oc3ccc([N+](=O)[O-])cc3[N+](=O)[O-])c(Br)c2)cc1. The first-order valence-corrected chi connectivity index (χ1v) is 10.6. The van der Waals surface area contributed by atoms with Crippen molar-refractivity contribution < 1.29 is 14.6 Å². The van der Waals surface area contributed by atoms with Gasteiger partial charge in [-0.05, 0) is 79.7 Å². The number of rotatable bonds is 7. The van der Waals surface area contributed by atoms with Crippen LogP contribution >= 0.6 is 31.9 Å². The van der Waals surface area contributed by atoms with Gasteiger partial charge in [0.05, 0.1) is 30.5 Å². The number of aliphatic imine (C=N–C) groups is 1. The number of benzene rings is 3. The number of nitro groups is 2. The van der Waals surface area contributed by atoms with Crippen LogP contribution in [0.25, 0.3) is 0 Å². The fourth-order valence-electron chi connectivity index (χ4n) is 2.68. The number of non-ortho nitro benzene ring substituents is 1. The number of hydrogen-bond donors (Lipinski definition) is 0. The Labute approximate surface area is 194 Å². The summed E-state index contributed by atoms with van der Waals surface area (Å²) in [7, 11) is 0. The minimum atomic E-state index is -0.727. The molecule has 0 aliphatic rings. The average molecular weight is 549 g/mol. The third-order valence-corrected chi connectivity index (χ3v) is 5.47. The molecule has 0 atom stereocenters. The third-order valence-electron chi connectivity index (χ3n) is 4.29. The first-order valence-electron chi connectivity index (χ1n) is 9.01. The molecular formula is C21H15Br2N3O5. The monoisotopic (exact) mass is 547 g/mol. The van der Waals surface area contributed by atoms with Crippen LogP contribution in [0.4, 0.5) is 17.1 Å². The molecule has 158 valence electrons. The molecular weight excluding hydrogens is 534 g/mol. The molecule has 0 saturated carbocycles. The molecule has 8 nitrogen and oxygen atoms in total. The van der Waals surface area contributed by atoms with E-state index in [1.807, 2.05) is 24.3 Å². The van der Waals surface area contributed by atoms with E-state index in [1.54, 1.807) is 18.3 Å². The van der Waals surface area contributed by atoms with Crippen LogP contribution in [-0.2, 0) is 6.42 Å². The highest BCUT2D eigenvalue weighted by molar-refractivity contribution is 9.11. The van der Waals surface area contributed by atoms with Gasteiger partial charge in [-0.3, -0.25) is 25.2 Å². The predicted octanol–water partition coefficient (Wildman–Crippen LogP) is 7.13. The molecule has 0 bridgehead atoms. The van der Waals surface area contributed by atoms with Gasteiger partial charge in [0, 0.05) is 12.3 Å². The zero-order valence-corrected chi connectivity index (χ0v) is 19.3. The lowest BCUT2D eigenvalue weighted by atomic mass is 10.1. The summed E-state index contributed by atoms with van der Waals surface area (Å²) in [4.78, 5) is 25.3. The Hall–Kier alpha value is -3.11. The van der Waals surface area contributed by atoms with Crippen LogP contribution in [0.2, 0.25) is 0 Å². The summed E-state index contributed by atoms with van der Waals surface area (Å²) in [6.07, 6.45) is 2.65. The second-order valence-corrected chi connectivity index (χ2v) is 8.07. The maximum Gasteiger partial charge on any atom is 0.318 e. The highest BCUT2D eigenvalue weighted by atomic mass is 79.9. The van der Waals surface area contributed by atoms with E-state index in [2.05, 4.69) is 43.8 Å². The summed E-state index contributed by atoms with van der Waals surface area (Å²) in [6.45, 7) is 2.09. The van der Waals surface area contributed by atoms with Gasteiger partial charge >= 0.3 is 5.69 Å². The Balaban J connectivity index is 1.88. The van der Waals surface area contributed by atoms with Crippen LogP contribution < -0.4 is 4.74 Å². The molecule has 0 saturated heterocycles. The molecule has 0 N–H and O–H groups in total. The molecule has 10 heteroatoms. The van der Waals surface area contributed by atoms with Gasteiger partial charge in [0.15, 0.2) is 5.75 Å². The third kappa shape index (κ3) is 5.53. The number of nitrogens with zero attached hydrogens (tertiary/aromatic N) is 3. The smallest absolute Gasteiger partial charge is 0.318 e. The number of nitro benzene ring substituents is 2.